The molecule has 0 bridgehead atoms. The first-order valence-corrected chi connectivity index (χ1v) is 4.03. The Hall–Kier alpha value is -2.10. The van der Waals surface area contributed by atoms with Gasteiger partial charge in [0.15, 0.2) is 0 Å². The van der Waals surface area contributed by atoms with Gasteiger partial charge in [-0.15, -0.1) is 0 Å². The molecular formula is C10H7NO3. The molecule has 0 saturated heterocycles. The van der Waals surface area contributed by atoms with Gasteiger partial charge in [-0.1, -0.05) is 0 Å². The third-order valence-electron chi connectivity index (χ3n) is 1.93. The van der Waals surface area contributed by atoms with Crippen molar-refractivity contribution in [3.8, 4) is 5.75 Å². The quantitative estimate of drug-likeness (QED) is 0.718. The van der Waals surface area contributed by atoms with E-state index in [0.717, 1.165) is 5.39 Å². The predicted molar refractivity (Wildman–Crippen MR) is 51.3 cm³/mol. The van der Waals surface area contributed by atoms with E-state index in [4.69, 9.17) is 0 Å². The lowest BCUT2D eigenvalue weighted by Crippen LogP contribution is -2.04. The Balaban J connectivity index is 2.67. The number of hydrogen-bond acceptors (Lipinski definition) is 3. The maximum Gasteiger partial charge on any atom is 0.298 e. The van der Waals surface area contributed by atoms with Crippen molar-refractivity contribution in [1.29, 1.82) is 0 Å². The molecule has 4 heteroatoms. The van der Waals surface area contributed by atoms with Crippen LogP contribution in [0.15, 0.2) is 35.3 Å². The van der Waals surface area contributed by atoms with Crippen LogP contribution >= 0.6 is 0 Å². The Labute approximate surface area is 79.1 Å². The smallest absolute Gasteiger partial charge is 0.298 e. The number of carbonyl (C=O) groups excluding carboxylic acids is 1. The highest BCUT2D eigenvalue weighted by Gasteiger charge is 1.99. The standard InChI is InChI=1S/C10H7NO3/c12-6-14-8-1-2-9-7(5-8)3-4-11-10(9)13/h1-6H,(H,11,13). The van der Waals surface area contributed by atoms with Crippen molar-refractivity contribution in [2.75, 3.05) is 0 Å². The van der Waals surface area contributed by atoms with Crippen LogP contribution in [0.3, 0.4) is 0 Å². The first kappa shape index (κ1) is 8.50. The van der Waals surface area contributed by atoms with E-state index < -0.39 is 0 Å². The van der Waals surface area contributed by atoms with E-state index in [-0.39, 0.29) is 5.56 Å². The molecule has 1 heterocycles. The summed E-state index contributed by atoms with van der Waals surface area (Å²) in [7, 11) is 0. The summed E-state index contributed by atoms with van der Waals surface area (Å²) in [6.45, 7) is 0.355. The lowest BCUT2D eigenvalue weighted by Gasteiger charge is -1.99. The van der Waals surface area contributed by atoms with Crippen LogP contribution in [0.5, 0.6) is 5.75 Å². The number of fused-ring (bicyclic) bond motifs is 1. The van der Waals surface area contributed by atoms with Crippen molar-refractivity contribution in [3.05, 3.63) is 40.8 Å². The van der Waals surface area contributed by atoms with Crippen molar-refractivity contribution in [2.45, 2.75) is 0 Å². The number of ether oxygens (including phenoxy) is 1. The van der Waals surface area contributed by atoms with Crippen LogP contribution in [0.1, 0.15) is 0 Å². The van der Waals surface area contributed by atoms with Crippen LogP contribution < -0.4 is 10.3 Å². The van der Waals surface area contributed by atoms with Crippen molar-refractivity contribution in [3.63, 3.8) is 0 Å². The number of benzene rings is 1. The Morgan fingerprint density at radius 3 is 2.93 bits per heavy atom. The number of hydrogen-bond donors (Lipinski definition) is 1. The first-order chi connectivity index (χ1) is 6.81. The van der Waals surface area contributed by atoms with Crippen LogP contribution in [-0.2, 0) is 4.79 Å². The van der Waals surface area contributed by atoms with Crippen LogP contribution in [0.2, 0.25) is 0 Å². The zero-order chi connectivity index (χ0) is 9.97. The second-order valence-corrected chi connectivity index (χ2v) is 2.77. The van der Waals surface area contributed by atoms with E-state index in [0.29, 0.717) is 17.6 Å². The van der Waals surface area contributed by atoms with Crippen molar-refractivity contribution in [2.24, 2.45) is 0 Å². The van der Waals surface area contributed by atoms with Gasteiger partial charge < -0.3 is 9.72 Å². The highest BCUT2D eigenvalue weighted by Crippen LogP contribution is 2.16. The van der Waals surface area contributed by atoms with E-state index in [1.807, 2.05) is 0 Å². The minimum absolute atomic E-state index is 0.153. The molecule has 0 aliphatic rings. The highest BCUT2D eigenvalue weighted by molar-refractivity contribution is 5.82. The van der Waals surface area contributed by atoms with Crippen LogP contribution in [0, 0.1) is 0 Å². The third-order valence-corrected chi connectivity index (χ3v) is 1.93. The minimum atomic E-state index is -0.153. The van der Waals surface area contributed by atoms with Gasteiger partial charge in [-0.3, -0.25) is 9.59 Å². The Bertz CT molecular complexity index is 530. The molecule has 0 aliphatic heterocycles. The fourth-order valence-corrected chi connectivity index (χ4v) is 1.30. The summed E-state index contributed by atoms with van der Waals surface area (Å²) in [6.07, 6.45) is 1.55. The lowest BCUT2D eigenvalue weighted by atomic mass is 10.2. The zero-order valence-corrected chi connectivity index (χ0v) is 7.19. The number of aromatic amines is 1. The summed E-state index contributed by atoms with van der Waals surface area (Å²) in [5.74, 6) is 0.429. The minimum Gasteiger partial charge on any atom is -0.429 e. The monoisotopic (exact) mass is 189 g/mol. The molecular weight excluding hydrogens is 182 g/mol. The average Bonchev–Trinajstić information content (AvgIpc) is 2.18. The lowest BCUT2D eigenvalue weighted by molar-refractivity contribution is -0.120. The summed E-state index contributed by atoms with van der Waals surface area (Å²) in [5.41, 5.74) is -0.153. The van der Waals surface area contributed by atoms with Gasteiger partial charge in [0.1, 0.15) is 5.75 Å². The van der Waals surface area contributed by atoms with Crippen molar-refractivity contribution < 1.29 is 9.53 Å². The van der Waals surface area contributed by atoms with Crippen LogP contribution in [0.25, 0.3) is 10.8 Å². The normalized spacial score (nSPS) is 10.0. The van der Waals surface area contributed by atoms with Gasteiger partial charge in [0.25, 0.3) is 12.0 Å². The maximum atomic E-state index is 11.3. The van der Waals surface area contributed by atoms with Gasteiger partial charge in [0, 0.05) is 11.6 Å². The summed E-state index contributed by atoms with van der Waals surface area (Å²) in [5, 5.41) is 1.32. The predicted octanol–water partition coefficient (Wildman–Crippen LogP) is 1.06. The second kappa shape index (κ2) is 3.33. The van der Waals surface area contributed by atoms with E-state index in [9.17, 15) is 9.59 Å². The first-order valence-electron chi connectivity index (χ1n) is 4.03. The Kier molecular flexibility index (Phi) is 2.02. The van der Waals surface area contributed by atoms with Crippen molar-refractivity contribution in [1.82, 2.24) is 4.98 Å². The number of nitrogens with one attached hydrogen (secondary N) is 1. The van der Waals surface area contributed by atoms with Gasteiger partial charge in [0.2, 0.25) is 0 Å². The molecule has 0 atom stereocenters. The van der Waals surface area contributed by atoms with Crippen LogP contribution in [0.4, 0.5) is 0 Å². The molecule has 1 aromatic carbocycles. The summed E-state index contributed by atoms with van der Waals surface area (Å²) in [6, 6.07) is 6.58. The number of carbonyl (C=O) groups is 1. The van der Waals surface area contributed by atoms with E-state index in [2.05, 4.69) is 9.72 Å². The zero-order valence-electron chi connectivity index (χ0n) is 7.19. The number of aromatic nitrogens is 1. The SMILES string of the molecule is O=COc1ccc2c(=O)[nH]ccc2c1. The molecule has 1 aromatic heterocycles. The van der Waals surface area contributed by atoms with Gasteiger partial charge in [-0.25, -0.2) is 0 Å². The fourth-order valence-electron chi connectivity index (χ4n) is 1.30. The molecule has 0 fully saturated rings. The Morgan fingerprint density at radius 2 is 2.14 bits per heavy atom. The summed E-state index contributed by atoms with van der Waals surface area (Å²) < 4.78 is 4.66. The number of H-pyrrole nitrogens is 1. The van der Waals surface area contributed by atoms with Gasteiger partial charge >= 0.3 is 0 Å². The third kappa shape index (κ3) is 1.37. The molecule has 0 spiro atoms. The number of pyridine rings is 1. The Morgan fingerprint density at radius 1 is 1.29 bits per heavy atom. The van der Waals surface area contributed by atoms with E-state index in [1.54, 1.807) is 30.5 Å². The average molecular weight is 189 g/mol. The fraction of sp³-hybridized carbons (Fsp3) is 0. The molecule has 0 amide bonds. The molecule has 0 saturated carbocycles. The molecule has 14 heavy (non-hydrogen) atoms. The van der Waals surface area contributed by atoms with Gasteiger partial charge in [-0.05, 0) is 29.7 Å². The van der Waals surface area contributed by atoms with Crippen LogP contribution in [-0.4, -0.2) is 11.5 Å². The molecule has 4 nitrogen and oxygen atoms in total. The van der Waals surface area contributed by atoms with Crippen molar-refractivity contribution >= 4 is 17.2 Å². The topological polar surface area (TPSA) is 59.2 Å². The summed E-state index contributed by atoms with van der Waals surface area (Å²) >= 11 is 0. The molecule has 0 aliphatic carbocycles. The van der Waals surface area contributed by atoms with Gasteiger partial charge in [0.05, 0.1) is 0 Å². The van der Waals surface area contributed by atoms with E-state index in [1.165, 1.54) is 0 Å². The van der Waals surface area contributed by atoms with Gasteiger partial charge in [-0.2, -0.15) is 0 Å². The molecule has 0 radical (unpaired) electrons. The summed E-state index contributed by atoms with van der Waals surface area (Å²) in [4.78, 5) is 23.9. The second-order valence-electron chi connectivity index (χ2n) is 2.77. The molecule has 1 N–H and O–H groups in total. The molecule has 70 valence electrons. The molecule has 2 rings (SSSR count). The molecule has 2 aromatic rings. The highest BCUT2D eigenvalue weighted by atomic mass is 16.5. The number of rotatable bonds is 2. The maximum absolute atomic E-state index is 11.3. The largest absolute Gasteiger partial charge is 0.429 e. The molecule has 0 unspecified atom stereocenters. The van der Waals surface area contributed by atoms with E-state index >= 15 is 0 Å².